The molecule has 96 valence electrons. The highest BCUT2D eigenvalue weighted by atomic mass is 16.4. The largest absolute Gasteiger partial charge is 0.478 e. The van der Waals surface area contributed by atoms with Gasteiger partial charge in [0.25, 0.3) is 0 Å². The fraction of sp³-hybridized carbons (Fsp3) is 0.385. The molecule has 1 heterocycles. The number of carbonyl (C=O) groups is 1. The van der Waals surface area contributed by atoms with Crippen molar-refractivity contribution in [2.24, 2.45) is 0 Å². The Morgan fingerprint density at radius 2 is 2.22 bits per heavy atom. The fourth-order valence-corrected chi connectivity index (χ4v) is 2.24. The summed E-state index contributed by atoms with van der Waals surface area (Å²) in [4.78, 5) is 25.6. The van der Waals surface area contributed by atoms with Gasteiger partial charge in [-0.25, -0.2) is 9.59 Å². The third-order valence-corrected chi connectivity index (χ3v) is 3.11. The summed E-state index contributed by atoms with van der Waals surface area (Å²) < 4.78 is 1.63. The van der Waals surface area contributed by atoms with E-state index in [1.165, 1.54) is 6.07 Å². The first-order chi connectivity index (χ1) is 8.54. The van der Waals surface area contributed by atoms with Crippen LogP contribution in [0.2, 0.25) is 0 Å². The van der Waals surface area contributed by atoms with E-state index in [0.717, 1.165) is 12.8 Å². The van der Waals surface area contributed by atoms with Crippen LogP contribution in [0.25, 0.3) is 11.0 Å². The fourth-order valence-electron chi connectivity index (χ4n) is 2.24. The third kappa shape index (κ3) is 2.03. The summed E-state index contributed by atoms with van der Waals surface area (Å²) in [6, 6.07) is 4.73. The number of carboxylic acid groups (broad SMARTS) is 1. The Morgan fingerprint density at radius 3 is 2.83 bits per heavy atom. The lowest BCUT2D eigenvalue weighted by atomic mass is 10.1. The highest BCUT2D eigenvalue weighted by Crippen LogP contribution is 2.19. The topological polar surface area (TPSA) is 75.1 Å². The molecule has 0 bridgehead atoms. The number of nitrogens with one attached hydrogen (secondary N) is 1. The molecule has 1 aromatic carbocycles. The average molecular weight is 248 g/mol. The average Bonchev–Trinajstić information content (AvgIpc) is 2.63. The Balaban J connectivity index is 2.64. The van der Waals surface area contributed by atoms with Crippen molar-refractivity contribution < 1.29 is 9.90 Å². The van der Waals surface area contributed by atoms with Crippen LogP contribution in [0.3, 0.4) is 0 Å². The number of hydrogen-bond acceptors (Lipinski definition) is 2. The maximum atomic E-state index is 11.9. The summed E-state index contributed by atoms with van der Waals surface area (Å²) in [5.41, 5.74) is 1.33. The predicted octanol–water partition coefficient (Wildman–Crippen LogP) is 2.39. The molecule has 1 atom stereocenters. The Kier molecular flexibility index (Phi) is 3.23. The number of H-pyrrole nitrogens is 1. The Morgan fingerprint density at radius 1 is 1.50 bits per heavy atom. The molecule has 0 spiro atoms. The van der Waals surface area contributed by atoms with Crippen molar-refractivity contribution in [2.45, 2.75) is 32.7 Å². The van der Waals surface area contributed by atoms with Gasteiger partial charge in [0.15, 0.2) is 0 Å². The number of aromatic amines is 1. The van der Waals surface area contributed by atoms with Crippen LogP contribution in [-0.4, -0.2) is 20.6 Å². The second-order valence-electron chi connectivity index (χ2n) is 4.47. The van der Waals surface area contributed by atoms with Gasteiger partial charge in [0.2, 0.25) is 0 Å². The van der Waals surface area contributed by atoms with Crippen LogP contribution < -0.4 is 5.69 Å². The maximum absolute atomic E-state index is 11.9. The van der Waals surface area contributed by atoms with Crippen molar-refractivity contribution in [3.05, 3.63) is 34.2 Å². The second kappa shape index (κ2) is 4.68. The zero-order chi connectivity index (χ0) is 13.3. The lowest BCUT2D eigenvalue weighted by Gasteiger charge is -2.12. The number of nitrogens with zero attached hydrogens (tertiary/aromatic N) is 1. The maximum Gasteiger partial charge on any atom is 0.335 e. The van der Waals surface area contributed by atoms with Gasteiger partial charge in [-0.05, 0) is 31.5 Å². The number of benzene rings is 1. The van der Waals surface area contributed by atoms with Gasteiger partial charge in [0.1, 0.15) is 0 Å². The highest BCUT2D eigenvalue weighted by molar-refractivity contribution is 5.92. The van der Waals surface area contributed by atoms with Gasteiger partial charge >= 0.3 is 11.7 Å². The van der Waals surface area contributed by atoms with E-state index in [1.807, 2.05) is 6.92 Å². The number of aromatic nitrogens is 2. The van der Waals surface area contributed by atoms with E-state index in [0.29, 0.717) is 11.0 Å². The Labute approximate surface area is 104 Å². The third-order valence-electron chi connectivity index (χ3n) is 3.11. The van der Waals surface area contributed by atoms with Crippen molar-refractivity contribution in [3.8, 4) is 0 Å². The van der Waals surface area contributed by atoms with Crippen LogP contribution in [0.5, 0.6) is 0 Å². The number of carboxylic acids is 1. The van der Waals surface area contributed by atoms with Crippen LogP contribution >= 0.6 is 0 Å². The van der Waals surface area contributed by atoms with Crippen molar-refractivity contribution in [1.29, 1.82) is 0 Å². The molecule has 0 saturated heterocycles. The summed E-state index contributed by atoms with van der Waals surface area (Å²) in [6.45, 7) is 4.02. The minimum Gasteiger partial charge on any atom is -0.478 e. The summed E-state index contributed by atoms with van der Waals surface area (Å²) >= 11 is 0. The van der Waals surface area contributed by atoms with E-state index >= 15 is 0 Å². The molecule has 5 nitrogen and oxygen atoms in total. The highest BCUT2D eigenvalue weighted by Gasteiger charge is 2.14. The standard InChI is InChI=1S/C13H16N2O3/c1-3-4-8(2)15-11-7-9(12(16)17)5-6-10(11)14-13(15)18/h5-8H,3-4H2,1-2H3,(H,14,18)(H,16,17). The smallest absolute Gasteiger partial charge is 0.335 e. The molecule has 0 radical (unpaired) electrons. The van der Waals surface area contributed by atoms with Crippen molar-refractivity contribution >= 4 is 17.0 Å². The lowest BCUT2D eigenvalue weighted by molar-refractivity contribution is 0.0697. The summed E-state index contributed by atoms with van der Waals surface area (Å²) in [5.74, 6) is -0.986. The molecule has 0 amide bonds. The number of hydrogen-bond donors (Lipinski definition) is 2. The van der Waals surface area contributed by atoms with Gasteiger partial charge in [-0.15, -0.1) is 0 Å². The molecule has 0 fully saturated rings. The van der Waals surface area contributed by atoms with Crippen molar-refractivity contribution in [3.63, 3.8) is 0 Å². The predicted molar refractivity (Wildman–Crippen MR) is 69.1 cm³/mol. The Bertz CT molecular complexity index is 639. The number of fused-ring (bicyclic) bond motifs is 1. The minimum atomic E-state index is -0.986. The molecule has 1 unspecified atom stereocenters. The molecule has 5 heteroatoms. The van der Waals surface area contributed by atoms with E-state index in [-0.39, 0.29) is 17.3 Å². The van der Waals surface area contributed by atoms with Crippen LogP contribution in [0, 0.1) is 0 Å². The quantitative estimate of drug-likeness (QED) is 0.872. The lowest BCUT2D eigenvalue weighted by Crippen LogP contribution is -2.20. The molecule has 18 heavy (non-hydrogen) atoms. The Hall–Kier alpha value is -2.04. The first-order valence-corrected chi connectivity index (χ1v) is 6.02. The SMILES string of the molecule is CCCC(C)n1c(=O)[nH]c2ccc(C(=O)O)cc21. The number of imidazole rings is 1. The first kappa shape index (κ1) is 12.4. The van der Waals surface area contributed by atoms with E-state index in [9.17, 15) is 9.59 Å². The molecule has 1 aromatic heterocycles. The van der Waals surface area contributed by atoms with Crippen molar-refractivity contribution in [2.75, 3.05) is 0 Å². The molecular formula is C13H16N2O3. The molecule has 0 aliphatic rings. The summed E-state index contributed by atoms with van der Waals surface area (Å²) in [7, 11) is 0. The summed E-state index contributed by atoms with van der Waals surface area (Å²) in [5, 5.41) is 8.99. The summed E-state index contributed by atoms with van der Waals surface area (Å²) in [6.07, 6.45) is 1.85. The number of rotatable bonds is 4. The molecule has 2 N–H and O–H groups in total. The van der Waals surface area contributed by atoms with E-state index in [1.54, 1.807) is 16.7 Å². The van der Waals surface area contributed by atoms with Gasteiger partial charge in [0, 0.05) is 6.04 Å². The molecule has 0 aliphatic heterocycles. The first-order valence-electron chi connectivity index (χ1n) is 6.02. The van der Waals surface area contributed by atoms with Gasteiger partial charge in [0.05, 0.1) is 16.6 Å². The molecule has 0 saturated carbocycles. The zero-order valence-electron chi connectivity index (χ0n) is 10.4. The van der Waals surface area contributed by atoms with Gasteiger partial charge in [-0.1, -0.05) is 13.3 Å². The van der Waals surface area contributed by atoms with Crippen LogP contribution in [0.15, 0.2) is 23.0 Å². The molecular weight excluding hydrogens is 232 g/mol. The zero-order valence-corrected chi connectivity index (χ0v) is 10.4. The van der Waals surface area contributed by atoms with Gasteiger partial charge in [-0.2, -0.15) is 0 Å². The van der Waals surface area contributed by atoms with Crippen LogP contribution in [0.4, 0.5) is 0 Å². The van der Waals surface area contributed by atoms with Crippen LogP contribution in [0.1, 0.15) is 43.1 Å². The van der Waals surface area contributed by atoms with E-state index < -0.39 is 5.97 Å². The van der Waals surface area contributed by atoms with Crippen molar-refractivity contribution in [1.82, 2.24) is 9.55 Å². The number of aromatic carboxylic acids is 1. The van der Waals surface area contributed by atoms with Gasteiger partial charge < -0.3 is 10.1 Å². The monoisotopic (exact) mass is 248 g/mol. The molecule has 0 aliphatic carbocycles. The van der Waals surface area contributed by atoms with Crippen LogP contribution in [-0.2, 0) is 0 Å². The molecule has 2 aromatic rings. The van der Waals surface area contributed by atoms with Gasteiger partial charge in [-0.3, -0.25) is 4.57 Å². The second-order valence-corrected chi connectivity index (χ2v) is 4.47. The minimum absolute atomic E-state index is 0.0558. The molecule has 2 rings (SSSR count). The normalized spacial score (nSPS) is 12.8. The van der Waals surface area contributed by atoms with E-state index in [4.69, 9.17) is 5.11 Å². The van der Waals surface area contributed by atoms with E-state index in [2.05, 4.69) is 11.9 Å².